The highest BCUT2D eigenvalue weighted by molar-refractivity contribution is 5.90. The monoisotopic (exact) mass is 298 g/mol. The highest BCUT2D eigenvalue weighted by atomic mass is 19.4. The van der Waals surface area contributed by atoms with Crippen molar-refractivity contribution in [1.82, 2.24) is 9.55 Å². The average Bonchev–Trinajstić information content (AvgIpc) is 2.85. The molecule has 0 aliphatic carbocycles. The molecule has 0 unspecified atom stereocenters. The number of aromatic carboxylic acids is 1. The molecule has 0 bridgehead atoms. The summed E-state index contributed by atoms with van der Waals surface area (Å²) in [6.07, 6.45) is -0.102. The number of alkyl halides is 3. The molecule has 112 valence electrons. The first-order valence-electron chi connectivity index (χ1n) is 6.31. The summed E-state index contributed by atoms with van der Waals surface area (Å²) < 4.78 is 40.0. The number of benzene rings is 1. The summed E-state index contributed by atoms with van der Waals surface area (Å²) in [7, 11) is 0. The quantitative estimate of drug-likeness (QED) is 0.939. The predicted octanol–water partition coefficient (Wildman–Crippen LogP) is 3.54. The summed E-state index contributed by atoms with van der Waals surface area (Å²) in [5.74, 6) is -0.935. The molecule has 7 heteroatoms. The van der Waals surface area contributed by atoms with Crippen LogP contribution in [0.3, 0.4) is 0 Å². The Morgan fingerprint density at radius 3 is 2.67 bits per heavy atom. The van der Waals surface area contributed by atoms with Gasteiger partial charge in [0.05, 0.1) is 11.1 Å². The summed E-state index contributed by atoms with van der Waals surface area (Å²) in [6.45, 7) is 1.95. The molecule has 2 rings (SSSR count). The van der Waals surface area contributed by atoms with Crippen LogP contribution in [0.1, 0.15) is 35.1 Å². The maximum absolute atomic E-state index is 12.8. The van der Waals surface area contributed by atoms with Gasteiger partial charge in [0.1, 0.15) is 5.82 Å². The fourth-order valence-corrected chi connectivity index (χ4v) is 2.08. The Morgan fingerprint density at radius 2 is 2.10 bits per heavy atom. The summed E-state index contributed by atoms with van der Waals surface area (Å²) in [5.41, 5.74) is -1.58. The van der Waals surface area contributed by atoms with Crippen molar-refractivity contribution >= 4 is 5.97 Å². The lowest BCUT2D eigenvalue weighted by atomic mass is 10.1. The van der Waals surface area contributed by atoms with Crippen molar-refractivity contribution in [3.63, 3.8) is 0 Å². The molecule has 0 spiro atoms. The molecule has 0 saturated heterocycles. The Bertz CT molecular complexity index is 662. The second kappa shape index (κ2) is 5.59. The van der Waals surface area contributed by atoms with Crippen LogP contribution in [0.25, 0.3) is 5.69 Å². The van der Waals surface area contributed by atoms with E-state index in [9.17, 15) is 18.0 Å². The normalized spacial score (nSPS) is 11.6. The number of carboxylic acids is 1. The number of carboxylic acid groups (broad SMARTS) is 1. The van der Waals surface area contributed by atoms with E-state index in [1.165, 1.54) is 12.3 Å². The molecule has 1 aromatic carbocycles. The van der Waals surface area contributed by atoms with Crippen LogP contribution in [-0.4, -0.2) is 20.6 Å². The lowest BCUT2D eigenvalue weighted by Gasteiger charge is -2.13. The van der Waals surface area contributed by atoms with E-state index in [-0.39, 0.29) is 0 Å². The van der Waals surface area contributed by atoms with E-state index < -0.39 is 23.3 Å². The maximum Gasteiger partial charge on any atom is 0.417 e. The third-order valence-corrected chi connectivity index (χ3v) is 3.01. The topological polar surface area (TPSA) is 55.1 Å². The van der Waals surface area contributed by atoms with Crippen molar-refractivity contribution in [1.29, 1.82) is 0 Å². The molecule has 4 nitrogen and oxygen atoms in total. The SMILES string of the molecule is CCCc1nccn1-c1ccc(C(F)(F)F)c(C(=O)O)c1. The molecule has 0 aliphatic rings. The van der Waals surface area contributed by atoms with Crippen molar-refractivity contribution in [2.75, 3.05) is 0 Å². The Morgan fingerprint density at radius 1 is 1.38 bits per heavy atom. The van der Waals surface area contributed by atoms with Crippen LogP contribution in [0.2, 0.25) is 0 Å². The average molecular weight is 298 g/mol. The molecule has 2 aromatic rings. The first kappa shape index (κ1) is 15.1. The molecule has 0 radical (unpaired) electrons. The Labute approximate surface area is 118 Å². The molecule has 1 aromatic heterocycles. The molecule has 0 aliphatic heterocycles. The predicted molar refractivity (Wildman–Crippen MR) is 69.5 cm³/mol. The zero-order valence-electron chi connectivity index (χ0n) is 11.2. The minimum Gasteiger partial charge on any atom is -0.478 e. The van der Waals surface area contributed by atoms with Crippen LogP contribution in [0.4, 0.5) is 13.2 Å². The highest BCUT2D eigenvalue weighted by Crippen LogP contribution is 2.33. The Hall–Kier alpha value is -2.31. The van der Waals surface area contributed by atoms with Crippen LogP contribution in [0, 0.1) is 0 Å². The fourth-order valence-electron chi connectivity index (χ4n) is 2.08. The minimum atomic E-state index is -4.70. The van der Waals surface area contributed by atoms with Crippen LogP contribution < -0.4 is 0 Å². The number of rotatable bonds is 4. The van der Waals surface area contributed by atoms with Crippen LogP contribution in [-0.2, 0) is 12.6 Å². The number of aromatic nitrogens is 2. The van der Waals surface area contributed by atoms with Crippen LogP contribution in [0.5, 0.6) is 0 Å². The van der Waals surface area contributed by atoms with Crippen molar-refractivity contribution in [2.45, 2.75) is 25.9 Å². The number of hydrogen-bond acceptors (Lipinski definition) is 2. The molecule has 1 N–H and O–H groups in total. The number of aryl methyl sites for hydroxylation is 1. The van der Waals surface area contributed by atoms with Gasteiger partial charge < -0.3 is 9.67 Å². The zero-order chi connectivity index (χ0) is 15.6. The molecule has 1 heterocycles. The third-order valence-electron chi connectivity index (χ3n) is 3.01. The smallest absolute Gasteiger partial charge is 0.417 e. The van der Waals surface area contributed by atoms with Gasteiger partial charge >= 0.3 is 12.1 Å². The van der Waals surface area contributed by atoms with Gasteiger partial charge in [-0.2, -0.15) is 13.2 Å². The zero-order valence-corrected chi connectivity index (χ0v) is 11.2. The summed E-state index contributed by atoms with van der Waals surface area (Å²) in [4.78, 5) is 15.2. The molecule has 0 fully saturated rings. The highest BCUT2D eigenvalue weighted by Gasteiger charge is 2.35. The van der Waals surface area contributed by atoms with Crippen molar-refractivity contribution in [3.8, 4) is 5.69 Å². The number of carbonyl (C=O) groups is 1. The molecule has 0 atom stereocenters. The molecular weight excluding hydrogens is 285 g/mol. The maximum atomic E-state index is 12.8. The molecule has 0 saturated carbocycles. The van der Waals surface area contributed by atoms with Gasteiger partial charge in [0.2, 0.25) is 0 Å². The van der Waals surface area contributed by atoms with Crippen LogP contribution >= 0.6 is 0 Å². The van der Waals surface area contributed by atoms with Gasteiger partial charge in [-0.25, -0.2) is 9.78 Å². The van der Waals surface area contributed by atoms with Gasteiger partial charge in [0, 0.05) is 24.5 Å². The largest absolute Gasteiger partial charge is 0.478 e. The lowest BCUT2D eigenvalue weighted by Crippen LogP contribution is -2.14. The third kappa shape index (κ3) is 3.07. The molecule has 0 amide bonds. The Kier molecular flexibility index (Phi) is 4.02. The number of nitrogens with zero attached hydrogens (tertiary/aromatic N) is 2. The van der Waals surface area contributed by atoms with Crippen LogP contribution in [0.15, 0.2) is 30.6 Å². The Balaban J connectivity index is 2.55. The van der Waals surface area contributed by atoms with E-state index >= 15 is 0 Å². The van der Waals surface area contributed by atoms with Gasteiger partial charge in [-0.05, 0) is 24.6 Å². The van der Waals surface area contributed by atoms with E-state index in [1.54, 1.807) is 10.8 Å². The second-order valence-electron chi connectivity index (χ2n) is 4.50. The molecular formula is C14H13F3N2O2. The number of hydrogen-bond donors (Lipinski definition) is 1. The fraction of sp³-hybridized carbons (Fsp3) is 0.286. The summed E-state index contributed by atoms with van der Waals surface area (Å²) in [6, 6.07) is 3.05. The first-order valence-corrected chi connectivity index (χ1v) is 6.31. The van der Waals surface area contributed by atoms with E-state index in [0.29, 0.717) is 17.9 Å². The minimum absolute atomic E-state index is 0.348. The second-order valence-corrected chi connectivity index (χ2v) is 4.50. The van der Waals surface area contributed by atoms with E-state index in [1.807, 2.05) is 6.92 Å². The summed E-state index contributed by atoms with van der Waals surface area (Å²) in [5, 5.41) is 9.00. The van der Waals surface area contributed by atoms with Gasteiger partial charge in [0.25, 0.3) is 0 Å². The van der Waals surface area contributed by atoms with E-state index in [2.05, 4.69) is 4.98 Å². The van der Waals surface area contributed by atoms with Gasteiger partial charge in [0.15, 0.2) is 0 Å². The van der Waals surface area contributed by atoms with Gasteiger partial charge in [-0.15, -0.1) is 0 Å². The van der Waals surface area contributed by atoms with E-state index in [4.69, 9.17) is 5.11 Å². The van der Waals surface area contributed by atoms with E-state index in [0.717, 1.165) is 18.6 Å². The molecule has 21 heavy (non-hydrogen) atoms. The van der Waals surface area contributed by atoms with Gasteiger partial charge in [-0.1, -0.05) is 6.92 Å². The van der Waals surface area contributed by atoms with Crippen molar-refractivity contribution in [3.05, 3.63) is 47.5 Å². The lowest BCUT2D eigenvalue weighted by molar-refractivity contribution is -0.138. The van der Waals surface area contributed by atoms with Gasteiger partial charge in [-0.3, -0.25) is 0 Å². The summed E-state index contributed by atoms with van der Waals surface area (Å²) >= 11 is 0. The van der Waals surface area contributed by atoms with Crippen molar-refractivity contribution in [2.24, 2.45) is 0 Å². The number of halogens is 3. The standard InChI is InChI=1S/C14H13F3N2O2/c1-2-3-12-18-6-7-19(12)9-4-5-11(14(15,16)17)10(8-9)13(20)21/h4-8H,2-3H2,1H3,(H,20,21). The first-order chi connectivity index (χ1) is 9.84. The number of imidazole rings is 1. The van der Waals surface area contributed by atoms with Crippen molar-refractivity contribution < 1.29 is 23.1 Å².